The van der Waals surface area contributed by atoms with Gasteiger partial charge >= 0.3 is 0 Å². The largest absolute Gasteiger partial charge is 0.375 e. The molecule has 1 aliphatic heterocycles. The summed E-state index contributed by atoms with van der Waals surface area (Å²) in [5.41, 5.74) is 0. The Morgan fingerprint density at radius 3 is 2.86 bits per heavy atom. The highest BCUT2D eigenvalue weighted by atomic mass is 16.5. The van der Waals surface area contributed by atoms with Gasteiger partial charge in [-0.1, -0.05) is 0 Å². The summed E-state index contributed by atoms with van der Waals surface area (Å²) in [7, 11) is 1.54. The summed E-state index contributed by atoms with van der Waals surface area (Å²) >= 11 is 0. The van der Waals surface area contributed by atoms with Crippen LogP contribution in [0.1, 0.15) is 18.1 Å². The summed E-state index contributed by atoms with van der Waals surface area (Å²) in [6.07, 6.45) is 4.92. The van der Waals surface area contributed by atoms with E-state index < -0.39 is 0 Å². The molecule has 2 aromatic rings. The molecule has 0 radical (unpaired) electrons. The molecular formula is C14H19N5O2. The van der Waals surface area contributed by atoms with E-state index in [4.69, 9.17) is 4.74 Å². The highest BCUT2D eigenvalue weighted by Crippen LogP contribution is 2.14. The quantitative estimate of drug-likeness (QED) is 0.822. The zero-order chi connectivity index (χ0) is 14.7. The van der Waals surface area contributed by atoms with Crippen LogP contribution in [0.2, 0.25) is 0 Å². The van der Waals surface area contributed by atoms with Crippen molar-refractivity contribution in [1.29, 1.82) is 0 Å². The molecule has 7 heteroatoms. The van der Waals surface area contributed by atoms with Crippen LogP contribution in [0.4, 0.5) is 0 Å². The number of hydrogen-bond acceptors (Lipinski definition) is 4. The van der Waals surface area contributed by atoms with Gasteiger partial charge in [0.15, 0.2) is 11.6 Å². The molecule has 7 nitrogen and oxygen atoms in total. The zero-order valence-electron chi connectivity index (χ0n) is 12.1. The van der Waals surface area contributed by atoms with Crippen LogP contribution in [0.25, 0.3) is 0 Å². The van der Waals surface area contributed by atoms with Crippen molar-refractivity contribution in [3.05, 3.63) is 36.2 Å². The third kappa shape index (κ3) is 2.97. The molecule has 0 bridgehead atoms. The standard InChI is InChI=1S/C14H19N5O2/c1-21-11-14(20)18-7-4-8-19-12(15-16-13(19)10-18)9-17-5-2-3-6-17/h2-3,5-6H,4,7-11H2,1H3. The van der Waals surface area contributed by atoms with Gasteiger partial charge in [-0.25, -0.2) is 0 Å². The maximum atomic E-state index is 12.0. The number of carbonyl (C=O) groups excluding carboxylic acids is 1. The number of nitrogens with zero attached hydrogens (tertiary/aromatic N) is 5. The van der Waals surface area contributed by atoms with Crippen molar-refractivity contribution in [3.63, 3.8) is 0 Å². The molecule has 1 amide bonds. The number of fused-ring (bicyclic) bond motifs is 1. The summed E-state index contributed by atoms with van der Waals surface area (Å²) in [6, 6.07) is 3.98. The molecule has 0 spiro atoms. The Morgan fingerprint density at radius 1 is 1.29 bits per heavy atom. The zero-order valence-corrected chi connectivity index (χ0v) is 12.1. The predicted octanol–water partition coefficient (Wildman–Crippen LogP) is 0.507. The second kappa shape index (κ2) is 6.09. The highest BCUT2D eigenvalue weighted by Gasteiger charge is 2.22. The predicted molar refractivity (Wildman–Crippen MR) is 75.5 cm³/mol. The van der Waals surface area contributed by atoms with Gasteiger partial charge in [-0.05, 0) is 18.6 Å². The van der Waals surface area contributed by atoms with Gasteiger partial charge in [0.2, 0.25) is 5.91 Å². The van der Waals surface area contributed by atoms with Crippen molar-refractivity contribution in [2.24, 2.45) is 0 Å². The smallest absolute Gasteiger partial charge is 0.248 e. The van der Waals surface area contributed by atoms with E-state index in [1.54, 1.807) is 4.90 Å². The number of carbonyl (C=O) groups is 1. The normalized spacial score (nSPS) is 14.8. The number of rotatable bonds is 4. The molecule has 0 aromatic carbocycles. The molecule has 112 valence electrons. The fourth-order valence-electron chi connectivity index (χ4n) is 2.60. The molecule has 1 aliphatic rings. The Kier molecular flexibility index (Phi) is 4.01. The van der Waals surface area contributed by atoms with Crippen LogP contribution in [-0.2, 0) is 29.2 Å². The molecule has 0 N–H and O–H groups in total. The van der Waals surface area contributed by atoms with Gasteiger partial charge in [0.25, 0.3) is 0 Å². The van der Waals surface area contributed by atoms with Gasteiger partial charge in [-0.15, -0.1) is 10.2 Å². The summed E-state index contributed by atoms with van der Waals surface area (Å²) in [4.78, 5) is 13.8. The number of amides is 1. The molecule has 2 aromatic heterocycles. The van der Waals surface area contributed by atoms with Gasteiger partial charge in [0, 0.05) is 32.6 Å². The summed E-state index contributed by atoms with van der Waals surface area (Å²) in [5.74, 6) is 1.78. The molecule has 3 heterocycles. The Balaban J connectivity index is 1.77. The van der Waals surface area contributed by atoms with E-state index in [-0.39, 0.29) is 12.5 Å². The minimum Gasteiger partial charge on any atom is -0.375 e. The third-order valence-corrected chi connectivity index (χ3v) is 3.66. The van der Waals surface area contributed by atoms with Crippen LogP contribution < -0.4 is 0 Å². The lowest BCUT2D eigenvalue weighted by atomic mass is 10.4. The maximum absolute atomic E-state index is 12.0. The van der Waals surface area contributed by atoms with E-state index in [2.05, 4.69) is 19.3 Å². The molecular weight excluding hydrogens is 270 g/mol. The molecule has 0 atom stereocenters. The third-order valence-electron chi connectivity index (χ3n) is 3.66. The molecule has 21 heavy (non-hydrogen) atoms. The van der Waals surface area contributed by atoms with Crippen LogP contribution in [0, 0.1) is 0 Å². The fourth-order valence-corrected chi connectivity index (χ4v) is 2.60. The lowest BCUT2D eigenvalue weighted by Crippen LogP contribution is -2.33. The molecule has 0 aliphatic carbocycles. The highest BCUT2D eigenvalue weighted by molar-refractivity contribution is 5.77. The van der Waals surface area contributed by atoms with Crippen LogP contribution in [0.5, 0.6) is 0 Å². The number of ether oxygens (including phenoxy) is 1. The van der Waals surface area contributed by atoms with Crippen molar-refractivity contribution in [1.82, 2.24) is 24.2 Å². The van der Waals surface area contributed by atoms with Crippen LogP contribution in [0.3, 0.4) is 0 Å². The van der Waals surface area contributed by atoms with E-state index in [1.165, 1.54) is 7.11 Å². The number of aromatic nitrogens is 4. The fraction of sp³-hybridized carbons (Fsp3) is 0.500. The van der Waals surface area contributed by atoms with Crippen LogP contribution >= 0.6 is 0 Å². The first kappa shape index (κ1) is 13.8. The average molecular weight is 289 g/mol. The second-order valence-corrected chi connectivity index (χ2v) is 5.14. The van der Waals surface area contributed by atoms with Crippen molar-refractivity contribution in [2.75, 3.05) is 20.3 Å². The molecule has 0 saturated heterocycles. The van der Waals surface area contributed by atoms with Gasteiger partial charge in [0.05, 0.1) is 13.1 Å². The van der Waals surface area contributed by atoms with Crippen LogP contribution in [-0.4, -0.2) is 50.4 Å². The lowest BCUT2D eigenvalue weighted by Gasteiger charge is -2.18. The minimum atomic E-state index is 0.000842. The Hall–Kier alpha value is -2.15. The Morgan fingerprint density at radius 2 is 2.10 bits per heavy atom. The topological polar surface area (TPSA) is 65.2 Å². The molecule has 0 unspecified atom stereocenters. The summed E-state index contributed by atoms with van der Waals surface area (Å²) in [5, 5.41) is 8.53. The minimum absolute atomic E-state index is 0.000842. The van der Waals surface area contributed by atoms with Gasteiger partial charge in [-0.3, -0.25) is 4.79 Å². The van der Waals surface area contributed by atoms with Crippen molar-refractivity contribution < 1.29 is 9.53 Å². The average Bonchev–Trinajstić information content (AvgIpc) is 3.05. The van der Waals surface area contributed by atoms with E-state index in [0.717, 1.165) is 31.2 Å². The number of hydrogen-bond donors (Lipinski definition) is 0. The molecule has 0 fully saturated rings. The maximum Gasteiger partial charge on any atom is 0.248 e. The lowest BCUT2D eigenvalue weighted by molar-refractivity contribution is -0.135. The Labute approximate surface area is 123 Å². The van der Waals surface area contributed by atoms with Gasteiger partial charge in [-0.2, -0.15) is 0 Å². The molecule has 3 rings (SSSR count). The van der Waals surface area contributed by atoms with Crippen LogP contribution in [0.15, 0.2) is 24.5 Å². The summed E-state index contributed by atoms with van der Waals surface area (Å²) in [6.45, 7) is 2.89. The van der Waals surface area contributed by atoms with E-state index in [0.29, 0.717) is 13.1 Å². The first-order valence-corrected chi connectivity index (χ1v) is 7.06. The monoisotopic (exact) mass is 289 g/mol. The van der Waals surface area contributed by atoms with E-state index >= 15 is 0 Å². The van der Waals surface area contributed by atoms with Crippen molar-refractivity contribution in [2.45, 2.75) is 26.1 Å². The molecule has 0 saturated carbocycles. The SMILES string of the molecule is COCC(=O)N1CCCn2c(nnc2Cn2cccc2)C1. The Bertz CT molecular complexity index is 605. The first-order valence-electron chi connectivity index (χ1n) is 7.06. The first-order chi connectivity index (χ1) is 10.3. The van der Waals surface area contributed by atoms with Gasteiger partial charge < -0.3 is 18.8 Å². The van der Waals surface area contributed by atoms with Gasteiger partial charge in [0.1, 0.15) is 6.61 Å². The van der Waals surface area contributed by atoms with Crippen molar-refractivity contribution in [3.8, 4) is 0 Å². The van der Waals surface area contributed by atoms with E-state index in [9.17, 15) is 4.79 Å². The number of methoxy groups -OCH3 is 1. The second-order valence-electron chi connectivity index (χ2n) is 5.14. The summed E-state index contributed by atoms with van der Waals surface area (Å²) < 4.78 is 9.11. The van der Waals surface area contributed by atoms with Crippen molar-refractivity contribution >= 4 is 5.91 Å². The van der Waals surface area contributed by atoms with E-state index in [1.807, 2.05) is 24.5 Å².